The highest BCUT2D eigenvalue weighted by Gasteiger charge is 2.41. The van der Waals surface area contributed by atoms with Crippen LogP contribution in [0.3, 0.4) is 0 Å². The van der Waals surface area contributed by atoms with Gasteiger partial charge in [0.05, 0.1) is 5.41 Å². The molecule has 1 saturated heterocycles. The summed E-state index contributed by atoms with van der Waals surface area (Å²) in [5.41, 5.74) is 13.1. The van der Waals surface area contributed by atoms with E-state index in [9.17, 15) is 4.79 Å². The molecule has 0 unspecified atom stereocenters. The van der Waals surface area contributed by atoms with E-state index in [-0.39, 0.29) is 5.91 Å². The standard InChI is InChI=1S/C26H37N3O/c1-19-10-20(2)13-23(12-19)16-26(18-27,17-24-14-21(3)11-22(4)15-24)25(30)29-8-6-28(5)7-9-29/h10-15H,6-9,16-18,27H2,1-5H3. The third-order valence-corrected chi connectivity index (χ3v) is 6.28. The van der Waals surface area contributed by atoms with Gasteiger partial charge < -0.3 is 15.5 Å². The number of carbonyl (C=O) groups excluding carboxylic acids is 1. The minimum atomic E-state index is -0.629. The normalized spacial score (nSPS) is 15.5. The highest BCUT2D eigenvalue weighted by atomic mass is 16.2. The summed E-state index contributed by atoms with van der Waals surface area (Å²) in [5.74, 6) is 0.205. The van der Waals surface area contributed by atoms with Crippen LogP contribution < -0.4 is 5.73 Å². The van der Waals surface area contributed by atoms with Gasteiger partial charge in [-0.2, -0.15) is 0 Å². The number of nitrogens with zero attached hydrogens (tertiary/aromatic N) is 2. The molecule has 30 heavy (non-hydrogen) atoms. The topological polar surface area (TPSA) is 49.6 Å². The fraction of sp³-hybridized carbons (Fsp3) is 0.500. The van der Waals surface area contributed by atoms with Crippen LogP contribution >= 0.6 is 0 Å². The van der Waals surface area contributed by atoms with Crippen molar-refractivity contribution in [3.05, 3.63) is 69.8 Å². The summed E-state index contributed by atoms with van der Waals surface area (Å²) >= 11 is 0. The molecule has 0 aromatic heterocycles. The Morgan fingerprint density at radius 1 is 0.800 bits per heavy atom. The van der Waals surface area contributed by atoms with Gasteiger partial charge in [0.25, 0.3) is 0 Å². The van der Waals surface area contributed by atoms with Crippen molar-refractivity contribution < 1.29 is 4.79 Å². The SMILES string of the molecule is Cc1cc(C)cc(CC(CN)(Cc2cc(C)cc(C)c2)C(=O)N2CCN(C)CC2)c1. The zero-order chi connectivity index (χ0) is 21.9. The molecule has 2 N–H and O–H groups in total. The largest absolute Gasteiger partial charge is 0.340 e. The van der Waals surface area contributed by atoms with Crippen molar-refractivity contribution >= 4 is 5.91 Å². The molecule has 0 radical (unpaired) electrons. The van der Waals surface area contributed by atoms with Gasteiger partial charge in [-0.15, -0.1) is 0 Å². The van der Waals surface area contributed by atoms with Crippen LogP contribution in [-0.2, 0) is 17.6 Å². The molecule has 1 fully saturated rings. The lowest BCUT2D eigenvalue weighted by Gasteiger charge is -2.40. The van der Waals surface area contributed by atoms with E-state index >= 15 is 0 Å². The van der Waals surface area contributed by atoms with Gasteiger partial charge in [0.2, 0.25) is 5.91 Å². The van der Waals surface area contributed by atoms with Crippen molar-refractivity contribution in [1.82, 2.24) is 9.80 Å². The van der Waals surface area contributed by atoms with Gasteiger partial charge in [-0.25, -0.2) is 0 Å². The number of nitrogens with two attached hydrogens (primary N) is 1. The van der Waals surface area contributed by atoms with Gasteiger partial charge >= 0.3 is 0 Å². The minimum absolute atomic E-state index is 0.205. The molecular weight excluding hydrogens is 370 g/mol. The Morgan fingerprint density at radius 2 is 1.20 bits per heavy atom. The van der Waals surface area contributed by atoms with Crippen molar-refractivity contribution in [2.75, 3.05) is 39.8 Å². The second-order valence-corrected chi connectivity index (χ2v) is 9.43. The number of aryl methyl sites for hydroxylation is 4. The molecule has 0 saturated carbocycles. The number of benzene rings is 2. The first-order valence-electron chi connectivity index (χ1n) is 11.0. The van der Waals surface area contributed by atoms with E-state index in [4.69, 9.17) is 5.73 Å². The molecule has 1 heterocycles. The maximum Gasteiger partial charge on any atom is 0.230 e. The van der Waals surface area contributed by atoms with Crippen LogP contribution in [0, 0.1) is 33.1 Å². The first-order valence-corrected chi connectivity index (χ1v) is 11.0. The maximum absolute atomic E-state index is 13.9. The van der Waals surface area contributed by atoms with E-state index in [0.29, 0.717) is 19.4 Å². The maximum atomic E-state index is 13.9. The number of carbonyl (C=O) groups is 1. The van der Waals surface area contributed by atoms with Crippen molar-refractivity contribution in [2.45, 2.75) is 40.5 Å². The Hall–Kier alpha value is -2.17. The van der Waals surface area contributed by atoms with Crippen LogP contribution in [0.15, 0.2) is 36.4 Å². The van der Waals surface area contributed by atoms with E-state index < -0.39 is 5.41 Å². The summed E-state index contributed by atoms with van der Waals surface area (Å²) < 4.78 is 0. The lowest BCUT2D eigenvalue weighted by Crippen LogP contribution is -2.55. The van der Waals surface area contributed by atoms with Crippen molar-refractivity contribution in [1.29, 1.82) is 0 Å². The molecule has 0 aliphatic carbocycles. The Morgan fingerprint density at radius 3 is 1.57 bits per heavy atom. The molecule has 0 bridgehead atoms. The van der Waals surface area contributed by atoms with Crippen LogP contribution in [0.25, 0.3) is 0 Å². The fourth-order valence-corrected chi connectivity index (χ4v) is 4.91. The lowest BCUT2D eigenvalue weighted by atomic mass is 9.74. The fourth-order valence-electron chi connectivity index (χ4n) is 4.91. The number of hydrogen-bond acceptors (Lipinski definition) is 3. The molecule has 1 aliphatic heterocycles. The summed E-state index contributed by atoms with van der Waals surface area (Å²) in [6.45, 7) is 12.2. The molecule has 3 rings (SSSR count). The zero-order valence-electron chi connectivity index (χ0n) is 19.3. The number of rotatable bonds is 6. The van der Waals surface area contributed by atoms with E-state index in [1.165, 1.54) is 33.4 Å². The van der Waals surface area contributed by atoms with Crippen LogP contribution in [-0.4, -0.2) is 55.5 Å². The van der Waals surface area contributed by atoms with E-state index in [0.717, 1.165) is 26.2 Å². The molecule has 4 nitrogen and oxygen atoms in total. The second kappa shape index (κ2) is 9.32. The van der Waals surface area contributed by atoms with Gasteiger partial charge in [0.1, 0.15) is 0 Å². The number of likely N-dealkylation sites (N-methyl/N-ethyl adjacent to an activating group) is 1. The molecule has 2 aromatic carbocycles. The molecule has 0 spiro atoms. The summed E-state index contributed by atoms with van der Waals surface area (Å²) in [5, 5.41) is 0. The molecule has 162 valence electrons. The van der Waals surface area contributed by atoms with Crippen molar-refractivity contribution in [2.24, 2.45) is 11.1 Å². The third-order valence-electron chi connectivity index (χ3n) is 6.28. The van der Waals surface area contributed by atoms with Gasteiger partial charge in [-0.1, -0.05) is 58.7 Å². The average molecular weight is 408 g/mol. The Balaban J connectivity index is 1.99. The van der Waals surface area contributed by atoms with E-state index in [1.54, 1.807) is 0 Å². The molecule has 4 heteroatoms. The molecule has 1 aliphatic rings. The van der Waals surface area contributed by atoms with Crippen LogP contribution in [0.5, 0.6) is 0 Å². The number of piperazine rings is 1. The summed E-state index contributed by atoms with van der Waals surface area (Å²) in [4.78, 5) is 18.3. The first kappa shape index (κ1) is 22.5. The highest BCUT2D eigenvalue weighted by Crippen LogP contribution is 2.32. The predicted molar refractivity (Wildman–Crippen MR) is 125 cm³/mol. The third kappa shape index (κ3) is 5.30. The molecule has 2 aromatic rings. The van der Waals surface area contributed by atoms with Crippen molar-refractivity contribution in [3.63, 3.8) is 0 Å². The summed E-state index contributed by atoms with van der Waals surface area (Å²) in [6, 6.07) is 13.2. The smallest absolute Gasteiger partial charge is 0.230 e. The summed E-state index contributed by atoms with van der Waals surface area (Å²) in [7, 11) is 2.11. The Labute approximate surface area is 182 Å². The molecular formula is C26H37N3O. The predicted octanol–water partition coefficient (Wildman–Crippen LogP) is 3.42. The molecule has 1 amide bonds. The Kier molecular flexibility index (Phi) is 6.99. The van der Waals surface area contributed by atoms with E-state index in [2.05, 4.69) is 76.0 Å². The lowest BCUT2D eigenvalue weighted by molar-refractivity contribution is -0.143. The number of hydrogen-bond donors (Lipinski definition) is 1. The Bertz CT molecular complexity index is 803. The second-order valence-electron chi connectivity index (χ2n) is 9.43. The van der Waals surface area contributed by atoms with Crippen LogP contribution in [0.2, 0.25) is 0 Å². The first-order chi connectivity index (χ1) is 14.2. The summed E-state index contributed by atoms with van der Waals surface area (Å²) in [6.07, 6.45) is 1.34. The highest BCUT2D eigenvalue weighted by molar-refractivity contribution is 5.84. The molecule has 0 atom stereocenters. The zero-order valence-corrected chi connectivity index (χ0v) is 19.3. The van der Waals surface area contributed by atoms with Crippen LogP contribution in [0.1, 0.15) is 33.4 Å². The minimum Gasteiger partial charge on any atom is -0.340 e. The monoisotopic (exact) mass is 407 g/mol. The van der Waals surface area contributed by atoms with E-state index in [1.807, 2.05) is 4.90 Å². The average Bonchev–Trinajstić information content (AvgIpc) is 2.66. The van der Waals surface area contributed by atoms with Crippen molar-refractivity contribution in [3.8, 4) is 0 Å². The number of amides is 1. The quantitative estimate of drug-likeness (QED) is 0.798. The van der Waals surface area contributed by atoms with Gasteiger partial charge in [-0.05, 0) is 58.7 Å². The van der Waals surface area contributed by atoms with Crippen LogP contribution in [0.4, 0.5) is 0 Å². The van der Waals surface area contributed by atoms with Gasteiger partial charge in [0.15, 0.2) is 0 Å². The van der Waals surface area contributed by atoms with Gasteiger partial charge in [-0.3, -0.25) is 4.79 Å². The van der Waals surface area contributed by atoms with Gasteiger partial charge in [0, 0.05) is 32.7 Å².